The van der Waals surface area contributed by atoms with E-state index in [2.05, 4.69) is 47.5 Å². The number of carbonyl (C=O) groups is 1. The smallest absolute Gasteiger partial charge is 0.319 e. The Labute approximate surface area is 237 Å². The molecule has 0 fully saturated rings. The van der Waals surface area contributed by atoms with E-state index in [1.54, 1.807) is 36.7 Å². The summed E-state index contributed by atoms with van der Waals surface area (Å²) in [6, 6.07) is 20.4. The zero-order valence-electron chi connectivity index (χ0n) is 19.9. The fourth-order valence-electron chi connectivity index (χ4n) is 3.64. The Hall–Kier alpha value is -3.12. The summed E-state index contributed by atoms with van der Waals surface area (Å²) >= 11 is 6.89. The highest BCUT2D eigenvalue weighted by molar-refractivity contribution is 9.11. The van der Waals surface area contributed by atoms with E-state index in [-0.39, 0.29) is 18.0 Å². The Balaban J connectivity index is 1.51. The molecule has 2 N–H and O–H groups in total. The van der Waals surface area contributed by atoms with Gasteiger partial charge in [0.15, 0.2) is 0 Å². The minimum atomic E-state index is -3.95. The maximum Gasteiger partial charge on any atom is 0.319 e. The van der Waals surface area contributed by atoms with E-state index in [9.17, 15) is 17.6 Å². The molecular weight excluding hydrogens is 639 g/mol. The van der Waals surface area contributed by atoms with Gasteiger partial charge in [0.2, 0.25) is 10.0 Å². The third-order valence-electron chi connectivity index (χ3n) is 5.51. The van der Waals surface area contributed by atoms with E-state index in [0.29, 0.717) is 17.8 Å². The van der Waals surface area contributed by atoms with E-state index < -0.39 is 21.9 Å². The highest BCUT2D eigenvalue weighted by atomic mass is 79.9. The summed E-state index contributed by atoms with van der Waals surface area (Å²) in [6.07, 6.45) is 3.28. The number of hydrogen-bond donors (Lipinski definition) is 2. The number of amides is 2. The van der Waals surface area contributed by atoms with Crippen LogP contribution in [-0.4, -0.2) is 23.7 Å². The third kappa shape index (κ3) is 7.70. The fourth-order valence-corrected chi connectivity index (χ4v) is 6.45. The van der Waals surface area contributed by atoms with Crippen LogP contribution in [0.15, 0.2) is 105 Å². The van der Waals surface area contributed by atoms with E-state index in [1.807, 2.05) is 18.2 Å². The predicted molar refractivity (Wildman–Crippen MR) is 151 cm³/mol. The van der Waals surface area contributed by atoms with Gasteiger partial charge in [-0.1, -0.05) is 44.0 Å². The number of rotatable bonds is 9. The normalized spacial score (nSPS) is 11.4. The topological polar surface area (TPSA) is 91.4 Å². The number of benzene rings is 3. The number of halogens is 3. The lowest BCUT2D eigenvalue weighted by molar-refractivity contribution is 0.251. The predicted octanol–water partition coefficient (Wildman–Crippen LogP) is 6.46. The molecule has 0 unspecified atom stereocenters. The molecule has 4 rings (SSSR count). The van der Waals surface area contributed by atoms with E-state index in [4.69, 9.17) is 0 Å². The van der Waals surface area contributed by atoms with Gasteiger partial charge < -0.3 is 10.6 Å². The molecule has 0 saturated heterocycles. The Morgan fingerprint density at radius 3 is 2.05 bits per heavy atom. The summed E-state index contributed by atoms with van der Waals surface area (Å²) in [5.41, 5.74) is 2.75. The Kier molecular flexibility index (Phi) is 9.26. The number of hydrogen-bond acceptors (Lipinski definition) is 4. The highest BCUT2D eigenvalue weighted by Gasteiger charge is 2.25. The molecule has 0 aliphatic rings. The van der Waals surface area contributed by atoms with Gasteiger partial charge in [-0.05, 0) is 83.4 Å². The molecule has 3 aromatic carbocycles. The van der Waals surface area contributed by atoms with Crippen molar-refractivity contribution in [2.24, 2.45) is 0 Å². The maximum absolute atomic E-state index is 13.7. The molecule has 7 nitrogen and oxygen atoms in total. The molecule has 0 saturated carbocycles. The van der Waals surface area contributed by atoms with Crippen molar-refractivity contribution in [1.29, 1.82) is 0 Å². The van der Waals surface area contributed by atoms with Crippen LogP contribution in [0.25, 0.3) is 0 Å². The second-order valence-corrected chi connectivity index (χ2v) is 12.1. The van der Waals surface area contributed by atoms with Crippen LogP contribution in [0.4, 0.5) is 14.9 Å². The molecule has 0 bridgehead atoms. The number of pyridine rings is 1. The van der Waals surface area contributed by atoms with Gasteiger partial charge in [-0.15, -0.1) is 0 Å². The number of aromatic nitrogens is 1. The van der Waals surface area contributed by atoms with Gasteiger partial charge >= 0.3 is 6.03 Å². The third-order valence-corrected chi connectivity index (χ3v) is 8.23. The molecule has 196 valence electrons. The molecule has 0 aliphatic carbocycles. The van der Waals surface area contributed by atoms with Crippen molar-refractivity contribution in [3.63, 3.8) is 0 Å². The van der Waals surface area contributed by atoms with Crippen LogP contribution in [0, 0.1) is 5.82 Å². The van der Waals surface area contributed by atoms with Gasteiger partial charge in [-0.3, -0.25) is 4.98 Å². The van der Waals surface area contributed by atoms with Crippen LogP contribution in [0.1, 0.15) is 16.7 Å². The van der Waals surface area contributed by atoms with Crippen molar-refractivity contribution in [2.45, 2.75) is 24.5 Å². The zero-order valence-corrected chi connectivity index (χ0v) is 23.9. The molecule has 0 radical (unpaired) electrons. The minimum Gasteiger partial charge on any atom is -0.334 e. The van der Waals surface area contributed by atoms with Crippen LogP contribution in [0.5, 0.6) is 0 Å². The number of nitrogens with one attached hydrogen (secondary N) is 2. The van der Waals surface area contributed by atoms with Gasteiger partial charge in [-0.25, -0.2) is 17.6 Å². The lowest BCUT2D eigenvalue weighted by atomic mass is 10.2. The van der Waals surface area contributed by atoms with Crippen LogP contribution in [-0.2, 0) is 29.7 Å². The zero-order chi connectivity index (χ0) is 27.1. The van der Waals surface area contributed by atoms with Gasteiger partial charge in [-0.2, -0.15) is 4.31 Å². The maximum atomic E-state index is 13.7. The summed E-state index contributed by atoms with van der Waals surface area (Å²) in [6.45, 7) is 0.462. The SMILES string of the molecule is O=C(NCc1ccncc1)Nc1ccc(S(=O)(=O)N(Cc2ccc(F)cc2)Cc2cc(Br)cc(Br)c2)cc1. The van der Waals surface area contributed by atoms with Crippen LogP contribution in [0.3, 0.4) is 0 Å². The second-order valence-electron chi connectivity index (χ2n) is 8.36. The van der Waals surface area contributed by atoms with E-state index in [1.165, 1.54) is 40.7 Å². The quantitative estimate of drug-likeness (QED) is 0.216. The summed E-state index contributed by atoms with van der Waals surface area (Å²) in [5, 5.41) is 5.44. The molecule has 1 aromatic heterocycles. The average Bonchev–Trinajstić information content (AvgIpc) is 2.89. The summed E-state index contributed by atoms with van der Waals surface area (Å²) in [4.78, 5) is 16.3. The largest absolute Gasteiger partial charge is 0.334 e. The molecule has 0 aliphatic heterocycles. The Morgan fingerprint density at radius 2 is 1.42 bits per heavy atom. The number of anilines is 1. The number of urea groups is 1. The first-order valence-electron chi connectivity index (χ1n) is 11.4. The number of carbonyl (C=O) groups excluding carboxylic acids is 1. The van der Waals surface area contributed by atoms with Gasteiger partial charge in [0.05, 0.1) is 4.90 Å². The molecule has 0 spiro atoms. The van der Waals surface area contributed by atoms with Crippen LogP contribution < -0.4 is 10.6 Å². The Bertz CT molecular complexity index is 1480. The molecule has 4 aromatic rings. The van der Waals surface area contributed by atoms with Crippen molar-refractivity contribution in [3.8, 4) is 0 Å². The summed E-state index contributed by atoms with van der Waals surface area (Å²) in [5.74, 6) is -0.396. The molecule has 0 atom stereocenters. The number of nitrogens with zero attached hydrogens (tertiary/aromatic N) is 2. The first-order chi connectivity index (χ1) is 18.2. The van der Waals surface area contributed by atoms with Gasteiger partial charge in [0.1, 0.15) is 5.82 Å². The number of sulfonamides is 1. The first-order valence-corrected chi connectivity index (χ1v) is 14.4. The fraction of sp³-hybridized carbons (Fsp3) is 0.111. The minimum absolute atomic E-state index is 0.0458. The molecule has 38 heavy (non-hydrogen) atoms. The summed E-state index contributed by atoms with van der Waals surface area (Å²) in [7, 11) is -3.95. The van der Waals surface area contributed by atoms with Gasteiger partial charge in [0.25, 0.3) is 0 Å². The standard InChI is InChI=1S/C27H23Br2FN4O3S/c28-22-13-21(14-23(29)15-22)18-34(17-20-1-3-24(30)4-2-20)38(36,37)26-7-5-25(6-8-26)33-27(35)32-16-19-9-11-31-12-10-19/h1-15H,16-18H2,(H2,32,33,35). The molecule has 1 heterocycles. The van der Waals surface area contributed by atoms with Crippen LogP contribution in [0.2, 0.25) is 0 Å². The Morgan fingerprint density at radius 1 is 0.816 bits per heavy atom. The molecule has 2 amide bonds. The monoisotopic (exact) mass is 660 g/mol. The van der Waals surface area contributed by atoms with Crippen molar-refractivity contribution < 1.29 is 17.6 Å². The summed E-state index contributed by atoms with van der Waals surface area (Å²) < 4.78 is 43.8. The van der Waals surface area contributed by atoms with Crippen LogP contribution >= 0.6 is 31.9 Å². The van der Waals surface area contributed by atoms with Crippen molar-refractivity contribution in [2.75, 3.05) is 5.32 Å². The first kappa shape index (κ1) is 27.9. The lowest BCUT2D eigenvalue weighted by Gasteiger charge is -2.23. The van der Waals surface area contributed by atoms with Crippen molar-refractivity contribution in [1.82, 2.24) is 14.6 Å². The van der Waals surface area contributed by atoms with E-state index in [0.717, 1.165) is 20.1 Å². The molecule has 11 heteroatoms. The van der Waals surface area contributed by atoms with Gasteiger partial charge in [0, 0.05) is 46.7 Å². The lowest BCUT2D eigenvalue weighted by Crippen LogP contribution is -2.30. The second kappa shape index (κ2) is 12.6. The highest BCUT2D eigenvalue weighted by Crippen LogP contribution is 2.26. The van der Waals surface area contributed by atoms with Crippen molar-refractivity contribution in [3.05, 3.63) is 123 Å². The van der Waals surface area contributed by atoms with Crippen molar-refractivity contribution >= 4 is 53.6 Å². The molecular formula is C27H23Br2FN4O3S. The van der Waals surface area contributed by atoms with E-state index >= 15 is 0 Å². The average molecular weight is 662 g/mol.